The van der Waals surface area contributed by atoms with Crippen LogP contribution in [-0.2, 0) is 14.3 Å². The highest BCUT2D eigenvalue weighted by molar-refractivity contribution is 5.90. The minimum atomic E-state index is -1.61. The van der Waals surface area contributed by atoms with E-state index in [-0.39, 0.29) is 26.2 Å². The number of aromatic nitrogens is 1. The van der Waals surface area contributed by atoms with E-state index in [1.807, 2.05) is 0 Å². The molecule has 0 aliphatic carbocycles. The van der Waals surface area contributed by atoms with Gasteiger partial charge in [0.25, 0.3) is 0 Å². The summed E-state index contributed by atoms with van der Waals surface area (Å²) < 4.78 is 54.0. The van der Waals surface area contributed by atoms with Gasteiger partial charge in [0, 0.05) is 25.2 Å². The predicted octanol–water partition coefficient (Wildman–Crippen LogP) is 1.33. The van der Waals surface area contributed by atoms with E-state index in [9.17, 15) is 27.6 Å². The maximum Gasteiger partial charge on any atom is 0.414 e. The molecule has 0 spiro atoms. The van der Waals surface area contributed by atoms with Gasteiger partial charge in [0.15, 0.2) is 23.3 Å². The SMILES string of the molecule is NCCCC[C@H](N)C(=O)O.O=C(O)CCN(CCO)c1c(F)cc(N2C[C@H](CNc3ccon3)OC2=O)c(F)c1F. The van der Waals surface area contributed by atoms with E-state index in [1.54, 1.807) is 0 Å². The maximum absolute atomic E-state index is 14.8. The fourth-order valence-electron chi connectivity index (χ4n) is 3.72. The summed E-state index contributed by atoms with van der Waals surface area (Å²) in [5.74, 6) is -6.11. The Morgan fingerprint density at radius 2 is 1.95 bits per heavy atom. The Hall–Kier alpha value is -4.09. The molecule has 3 rings (SSSR count). The smallest absolute Gasteiger partial charge is 0.414 e. The normalized spacial score (nSPS) is 15.1. The van der Waals surface area contributed by atoms with Crippen molar-refractivity contribution in [2.75, 3.05) is 54.4 Å². The molecule has 0 saturated carbocycles. The van der Waals surface area contributed by atoms with Gasteiger partial charge in [-0.3, -0.25) is 14.5 Å². The molecule has 0 radical (unpaired) electrons. The van der Waals surface area contributed by atoms with Crippen LogP contribution in [-0.4, -0.2) is 90.0 Å². The Balaban J connectivity index is 0.000000503. The maximum atomic E-state index is 14.8. The Morgan fingerprint density at radius 3 is 2.54 bits per heavy atom. The van der Waals surface area contributed by atoms with Crippen LogP contribution in [0.4, 0.5) is 35.2 Å². The van der Waals surface area contributed by atoms with Gasteiger partial charge in [-0.1, -0.05) is 11.6 Å². The summed E-state index contributed by atoms with van der Waals surface area (Å²) in [5.41, 5.74) is 8.94. The van der Waals surface area contributed by atoms with Gasteiger partial charge < -0.3 is 46.3 Å². The summed E-state index contributed by atoms with van der Waals surface area (Å²) in [6.07, 6.45) is 1.26. The molecule has 1 saturated heterocycles. The van der Waals surface area contributed by atoms with Crippen LogP contribution in [0.1, 0.15) is 25.7 Å². The van der Waals surface area contributed by atoms with Gasteiger partial charge in [0.05, 0.1) is 31.8 Å². The largest absolute Gasteiger partial charge is 0.481 e. The van der Waals surface area contributed by atoms with Gasteiger partial charge in [-0.25, -0.2) is 18.0 Å². The average molecular weight is 591 g/mol. The lowest BCUT2D eigenvalue weighted by atomic mass is 10.1. The molecule has 14 nitrogen and oxygen atoms in total. The molecule has 1 aliphatic rings. The molecule has 1 aliphatic heterocycles. The molecular formula is C24H33F3N6O8. The summed E-state index contributed by atoms with van der Waals surface area (Å²) in [6.45, 7) is -0.699. The predicted molar refractivity (Wildman–Crippen MR) is 139 cm³/mol. The number of aliphatic hydroxyl groups excluding tert-OH is 1. The standard InChI is InChI=1S/C18H19F3N4O6.C6H14N2O2/c19-11-7-12(15(20)16(21)17(11)24(4-5-26)3-1-14(27)28)25-9-10(31-18(25)29)8-22-13-2-6-30-23-13;7-4-2-1-3-5(8)6(9)10/h2,6-7,10,26H,1,3-5,8-9H2,(H,22,23)(H,27,28);5H,1-4,7-8H2,(H,9,10)/t10-;5-/m00/s1. The van der Waals surface area contributed by atoms with Gasteiger partial charge in [-0.2, -0.15) is 0 Å². The molecule has 2 aromatic rings. The number of carboxylic acids is 2. The number of aliphatic hydroxyl groups is 1. The first-order valence-electron chi connectivity index (χ1n) is 12.6. The first kappa shape index (κ1) is 33.1. The Labute approximate surface area is 232 Å². The van der Waals surface area contributed by atoms with E-state index in [0.717, 1.165) is 22.6 Å². The van der Waals surface area contributed by atoms with Crippen molar-refractivity contribution in [1.82, 2.24) is 5.16 Å². The molecule has 2 heterocycles. The van der Waals surface area contributed by atoms with E-state index in [0.29, 0.717) is 24.8 Å². The van der Waals surface area contributed by atoms with Crippen LogP contribution < -0.4 is 26.6 Å². The number of nitrogens with zero attached hydrogens (tertiary/aromatic N) is 3. The Bertz CT molecular complexity index is 1160. The number of aliphatic carboxylic acids is 2. The fraction of sp³-hybridized carbons (Fsp3) is 0.500. The number of anilines is 3. The number of carbonyl (C=O) groups is 3. The van der Waals surface area contributed by atoms with E-state index in [2.05, 4.69) is 15.0 Å². The third-order valence-corrected chi connectivity index (χ3v) is 5.80. The van der Waals surface area contributed by atoms with Crippen molar-refractivity contribution >= 4 is 35.2 Å². The highest BCUT2D eigenvalue weighted by Crippen LogP contribution is 2.34. The minimum Gasteiger partial charge on any atom is -0.481 e. The van der Waals surface area contributed by atoms with Gasteiger partial charge in [-0.15, -0.1) is 0 Å². The van der Waals surface area contributed by atoms with Crippen molar-refractivity contribution in [2.24, 2.45) is 11.5 Å². The van der Waals surface area contributed by atoms with E-state index >= 15 is 0 Å². The van der Waals surface area contributed by atoms with Gasteiger partial charge in [0.1, 0.15) is 24.1 Å². The summed E-state index contributed by atoms with van der Waals surface area (Å²) in [5, 5.41) is 32.7. The van der Waals surface area contributed by atoms with Crippen LogP contribution in [0.15, 0.2) is 22.9 Å². The number of ether oxygens (including phenoxy) is 1. The van der Waals surface area contributed by atoms with Gasteiger partial charge >= 0.3 is 18.0 Å². The van der Waals surface area contributed by atoms with Crippen molar-refractivity contribution in [1.29, 1.82) is 0 Å². The highest BCUT2D eigenvalue weighted by atomic mass is 19.2. The zero-order valence-corrected chi connectivity index (χ0v) is 22.0. The summed E-state index contributed by atoms with van der Waals surface area (Å²) in [4.78, 5) is 34.7. The molecule has 1 aromatic carbocycles. The number of cyclic esters (lactones) is 1. The zero-order valence-electron chi connectivity index (χ0n) is 22.0. The average Bonchev–Trinajstić information content (AvgIpc) is 3.58. The molecule has 228 valence electrons. The van der Waals surface area contributed by atoms with E-state index < -0.39 is 72.0 Å². The quantitative estimate of drug-likeness (QED) is 0.128. The number of benzene rings is 1. The van der Waals surface area contributed by atoms with Crippen LogP contribution >= 0.6 is 0 Å². The lowest BCUT2D eigenvalue weighted by Crippen LogP contribution is -2.32. The van der Waals surface area contributed by atoms with Crippen molar-refractivity contribution < 1.29 is 52.1 Å². The third kappa shape index (κ3) is 9.80. The van der Waals surface area contributed by atoms with Crippen LogP contribution in [0.25, 0.3) is 0 Å². The first-order valence-corrected chi connectivity index (χ1v) is 12.6. The second kappa shape index (κ2) is 16.2. The number of rotatable bonds is 15. The summed E-state index contributed by atoms with van der Waals surface area (Å²) >= 11 is 0. The Morgan fingerprint density at radius 1 is 1.22 bits per heavy atom. The molecule has 0 bridgehead atoms. The minimum absolute atomic E-state index is 0.0961. The molecule has 8 N–H and O–H groups in total. The van der Waals surface area contributed by atoms with Crippen LogP contribution in [0.2, 0.25) is 0 Å². The number of carbonyl (C=O) groups excluding carboxylic acids is 1. The second-order valence-electron chi connectivity index (χ2n) is 8.82. The number of halogens is 3. The van der Waals surface area contributed by atoms with Gasteiger partial charge in [0.2, 0.25) is 0 Å². The highest BCUT2D eigenvalue weighted by Gasteiger charge is 2.36. The monoisotopic (exact) mass is 590 g/mol. The molecule has 1 aromatic heterocycles. The van der Waals surface area contributed by atoms with Gasteiger partial charge in [-0.05, 0) is 19.4 Å². The van der Waals surface area contributed by atoms with Crippen molar-refractivity contribution in [3.05, 3.63) is 35.8 Å². The molecular weight excluding hydrogens is 557 g/mol. The van der Waals surface area contributed by atoms with Crippen LogP contribution in [0, 0.1) is 17.5 Å². The van der Waals surface area contributed by atoms with Crippen molar-refractivity contribution in [2.45, 2.75) is 37.8 Å². The first-order chi connectivity index (χ1) is 19.5. The molecule has 0 unspecified atom stereocenters. The number of amides is 1. The summed E-state index contributed by atoms with van der Waals surface area (Å²) in [7, 11) is 0. The number of nitrogens with one attached hydrogen (secondary N) is 1. The number of nitrogens with two attached hydrogens (primary N) is 2. The fourth-order valence-corrected chi connectivity index (χ4v) is 3.72. The molecule has 2 atom stereocenters. The summed E-state index contributed by atoms with van der Waals surface area (Å²) in [6, 6.07) is 1.44. The molecule has 41 heavy (non-hydrogen) atoms. The van der Waals surface area contributed by atoms with E-state index in [1.165, 1.54) is 12.3 Å². The van der Waals surface area contributed by atoms with Crippen LogP contribution in [0.5, 0.6) is 0 Å². The number of unbranched alkanes of at least 4 members (excludes halogenated alkanes) is 1. The molecule has 17 heteroatoms. The zero-order chi connectivity index (χ0) is 30.5. The van der Waals surface area contributed by atoms with E-state index in [4.69, 9.17) is 31.5 Å². The number of hydrogen-bond donors (Lipinski definition) is 6. The topological polar surface area (TPSA) is 218 Å². The van der Waals surface area contributed by atoms with Crippen molar-refractivity contribution in [3.8, 4) is 0 Å². The Kier molecular flexibility index (Phi) is 13.1. The second-order valence-corrected chi connectivity index (χ2v) is 8.82. The third-order valence-electron chi connectivity index (χ3n) is 5.80. The van der Waals surface area contributed by atoms with Crippen molar-refractivity contribution in [3.63, 3.8) is 0 Å². The lowest BCUT2D eigenvalue weighted by molar-refractivity contribution is -0.139. The number of hydrogen-bond acceptors (Lipinski definition) is 11. The molecule has 1 amide bonds. The number of carboxylic acid groups (broad SMARTS) is 2. The van der Waals surface area contributed by atoms with Crippen LogP contribution in [0.3, 0.4) is 0 Å². The lowest BCUT2D eigenvalue weighted by Gasteiger charge is -2.25. The molecule has 1 fully saturated rings.